The predicted octanol–water partition coefficient (Wildman–Crippen LogP) is 2.77. The third kappa shape index (κ3) is 2.49. The summed E-state index contributed by atoms with van der Waals surface area (Å²) in [4.78, 5) is 16.5. The van der Waals surface area contributed by atoms with Crippen molar-refractivity contribution in [1.82, 2.24) is 4.98 Å². The third-order valence-electron chi connectivity index (χ3n) is 3.14. The van der Waals surface area contributed by atoms with Gasteiger partial charge in [0.15, 0.2) is 0 Å². The second kappa shape index (κ2) is 5.13. The van der Waals surface area contributed by atoms with Crippen LogP contribution < -0.4 is 11.1 Å². The number of aromatic nitrogens is 1. The average molecular weight is 279 g/mol. The van der Waals surface area contributed by atoms with Gasteiger partial charge in [0.25, 0.3) is 5.91 Å². The van der Waals surface area contributed by atoms with Crippen LogP contribution in [0.5, 0.6) is 5.75 Å². The molecule has 0 spiro atoms. The van der Waals surface area contributed by atoms with Crippen molar-refractivity contribution in [3.63, 3.8) is 0 Å². The molecule has 3 rings (SSSR count). The van der Waals surface area contributed by atoms with E-state index in [2.05, 4.69) is 10.3 Å². The number of nitrogens with zero attached hydrogens (tertiary/aromatic N) is 1. The van der Waals surface area contributed by atoms with E-state index >= 15 is 0 Å². The summed E-state index contributed by atoms with van der Waals surface area (Å²) in [5.41, 5.74) is 7.55. The molecule has 0 unspecified atom stereocenters. The second-order valence-corrected chi connectivity index (χ2v) is 4.59. The minimum Gasteiger partial charge on any atom is -0.506 e. The first-order valence-electron chi connectivity index (χ1n) is 6.40. The van der Waals surface area contributed by atoms with E-state index in [1.807, 2.05) is 12.1 Å². The molecule has 21 heavy (non-hydrogen) atoms. The average Bonchev–Trinajstić information content (AvgIpc) is 2.50. The van der Waals surface area contributed by atoms with E-state index in [1.165, 1.54) is 6.07 Å². The zero-order chi connectivity index (χ0) is 14.8. The van der Waals surface area contributed by atoms with Gasteiger partial charge in [-0.3, -0.25) is 4.79 Å². The quantitative estimate of drug-likeness (QED) is 0.497. The largest absolute Gasteiger partial charge is 0.506 e. The topological polar surface area (TPSA) is 88.2 Å². The van der Waals surface area contributed by atoms with Crippen LogP contribution in [0.25, 0.3) is 10.9 Å². The number of pyridine rings is 1. The van der Waals surface area contributed by atoms with Gasteiger partial charge < -0.3 is 16.2 Å². The number of nitrogen functional groups attached to an aromatic ring is 1. The fourth-order valence-corrected chi connectivity index (χ4v) is 2.06. The lowest BCUT2D eigenvalue weighted by Gasteiger charge is -2.08. The number of anilines is 2. The fraction of sp³-hybridized carbons (Fsp3) is 0. The van der Waals surface area contributed by atoms with E-state index in [1.54, 1.807) is 36.4 Å². The normalized spacial score (nSPS) is 10.5. The number of phenols is 1. The maximum atomic E-state index is 12.2. The number of aromatic hydroxyl groups is 1. The molecule has 0 aliphatic heterocycles. The maximum Gasteiger partial charge on any atom is 0.274 e. The minimum atomic E-state index is -0.401. The number of hydrogen-bond donors (Lipinski definition) is 3. The third-order valence-corrected chi connectivity index (χ3v) is 3.14. The van der Waals surface area contributed by atoms with Crippen LogP contribution in [0.15, 0.2) is 54.6 Å². The lowest BCUT2D eigenvalue weighted by molar-refractivity contribution is 0.102. The molecule has 0 bridgehead atoms. The first-order chi connectivity index (χ1) is 10.1. The second-order valence-electron chi connectivity index (χ2n) is 4.59. The van der Waals surface area contributed by atoms with E-state index in [-0.39, 0.29) is 11.4 Å². The van der Waals surface area contributed by atoms with E-state index < -0.39 is 5.91 Å². The van der Waals surface area contributed by atoms with Crippen LogP contribution in [-0.2, 0) is 0 Å². The molecule has 2 aromatic carbocycles. The summed E-state index contributed by atoms with van der Waals surface area (Å²) in [6, 6.07) is 15.4. The first kappa shape index (κ1) is 12.9. The maximum absolute atomic E-state index is 12.2. The molecule has 1 heterocycles. The van der Waals surface area contributed by atoms with Gasteiger partial charge in [0.2, 0.25) is 0 Å². The van der Waals surface area contributed by atoms with Crippen molar-refractivity contribution in [3.8, 4) is 5.75 Å². The summed E-state index contributed by atoms with van der Waals surface area (Å²) >= 11 is 0. The molecule has 0 atom stereocenters. The Balaban J connectivity index is 1.95. The highest BCUT2D eigenvalue weighted by Crippen LogP contribution is 2.23. The van der Waals surface area contributed by atoms with E-state index in [0.717, 1.165) is 5.39 Å². The SMILES string of the molecule is Nc1cccc2ccc(C(=O)Nc3ccccc3O)nc12. The highest BCUT2D eigenvalue weighted by Gasteiger charge is 2.11. The van der Waals surface area contributed by atoms with Gasteiger partial charge in [-0.15, -0.1) is 0 Å². The number of carbonyl (C=O) groups is 1. The summed E-state index contributed by atoms with van der Waals surface area (Å²) in [5.74, 6) is -0.396. The summed E-state index contributed by atoms with van der Waals surface area (Å²) in [7, 11) is 0. The van der Waals surface area contributed by atoms with Gasteiger partial charge in [0.1, 0.15) is 11.4 Å². The first-order valence-corrected chi connectivity index (χ1v) is 6.40. The number of hydrogen-bond acceptors (Lipinski definition) is 4. The van der Waals surface area contributed by atoms with Gasteiger partial charge >= 0.3 is 0 Å². The summed E-state index contributed by atoms with van der Waals surface area (Å²) in [6.45, 7) is 0. The predicted molar refractivity (Wildman–Crippen MR) is 82.2 cm³/mol. The Labute approximate surface area is 121 Å². The molecular weight excluding hydrogens is 266 g/mol. The zero-order valence-electron chi connectivity index (χ0n) is 11.1. The Bertz CT molecular complexity index is 831. The van der Waals surface area contributed by atoms with Crippen molar-refractivity contribution >= 4 is 28.2 Å². The lowest BCUT2D eigenvalue weighted by atomic mass is 10.1. The molecule has 0 saturated carbocycles. The summed E-state index contributed by atoms with van der Waals surface area (Å²) in [6.07, 6.45) is 0. The van der Waals surface area contributed by atoms with Gasteiger partial charge in [-0.25, -0.2) is 4.98 Å². The zero-order valence-corrected chi connectivity index (χ0v) is 11.1. The highest BCUT2D eigenvalue weighted by atomic mass is 16.3. The van der Waals surface area contributed by atoms with Crippen molar-refractivity contribution in [2.45, 2.75) is 0 Å². The number of fused-ring (bicyclic) bond motifs is 1. The van der Waals surface area contributed by atoms with Crippen LogP contribution in [0, 0.1) is 0 Å². The van der Waals surface area contributed by atoms with E-state index in [0.29, 0.717) is 16.9 Å². The standard InChI is InChI=1S/C16H13N3O2/c17-11-5-3-4-10-8-9-13(18-15(10)11)16(21)19-12-6-1-2-7-14(12)20/h1-9,20H,17H2,(H,19,21). The molecule has 3 aromatic rings. The van der Waals surface area contributed by atoms with Crippen LogP contribution in [-0.4, -0.2) is 16.0 Å². The van der Waals surface area contributed by atoms with Gasteiger partial charge in [-0.1, -0.05) is 30.3 Å². The van der Waals surface area contributed by atoms with Crippen molar-refractivity contribution in [2.75, 3.05) is 11.1 Å². The smallest absolute Gasteiger partial charge is 0.274 e. The Morgan fingerprint density at radius 2 is 1.86 bits per heavy atom. The molecule has 0 saturated heterocycles. The highest BCUT2D eigenvalue weighted by molar-refractivity contribution is 6.05. The summed E-state index contributed by atoms with van der Waals surface area (Å²) in [5, 5.41) is 13.2. The van der Waals surface area contributed by atoms with Gasteiger partial charge in [0.05, 0.1) is 16.9 Å². The van der Waals surface area contributed by atoms with E-state index in [9.17, 15) is 9.90 Å². The van der Waals surface area contributed by atoms with Crippen LogP contribution in [0.4, 0.5) is 11.4 Å². The molecule has 0 aliphatic carbocycles. The Kier molecular flexibility index (Phi) is 3.16. The number of benzene rings is 2. The van der Waals surface area contributed by atoms with Gasteiger partial charge in [-0.2, -0.15) is 0 Å². The molecule has 1 amide bonds. The molecule has 5 heteroatoms. The number of phenolic OH excluding ortho intramolecular Hbond substituents is 1. The van der Waals surface area contributed by atoms with E-state index in [4.69, 9.17) is 5.73 Å². The number of amides is 1. The molecule has 0 radical (unpaired) electrons. The minimum absolute atomic E-state index is 0.00570. The molecule has 1 aromatic heterocycles. The lowest BCUT2D eigenvalue weighted by Crippen LogP contribution is -2.13. The monoisotopic (exact) mass is 279 g/mol. The van der Waals surface area contributed by atoms with Gasteiger partial charge in [-0.05, 0) is 24.3 Å². The van der Waals surface area contributed by atoms with Crippen LogP contribution in [0.2, 0.25) is 0 Å². The molecule has 5 nitrogen and oxygen atoms in total. The molecule has 0 fully saturated rings. The fourth-order valence-electron chi connectivity index (χ4n) is 2.06. The van der Waals surface area contributed by atoms with Crippen molar-refractivity contribution < 1.29 is 9.90 Å². The number of para-hydroxylation sites is 3. The molecular formula is C16H13N3O2. The number of carbonyl (C=O) groups excluding carboxylic acids is 1. The van der Waals surface area contributed by atoms with Gasteiger partial charge in [0, 0.05) is 5.39 Å². The van der Waals surface area contributed by atoms with Crippen molar-refractivity contribution in [3.05, 3.63) is 60.3 Å². The summed E-state index contributed by atoms with van der Waals surface area (Å²) < 4.78 is 0. The van der Waals surface area contributed by atoms with Crippen LogP contribution >= 0.6 is 0 Å². The Morgan fingerprint density at radius 1 is 1.05 bits per heavy atom. The molecule has 4 N–H and O–H groups in total. The Hall–Kier alpha value is -3.08. The number of nitrogens with two attached hydrogens (primary N) is 1. The Morgan fingerprint density at radius 3 is 2.67 bits per heavy atom. The van der Waals surface area contributed by atoms with Crippen molar-refractivity contribution in [1.29, 1.82) is 0 Å². The number of nitrogens with one attached hydrogen (secondary N) is 1. The molecule has 104 valence electrons. The molecule has 0 aliphatic rings. The van der Waals surface area contributed by atoms with Crippen LogP contribution in [0.3, 0.4) is 0 Å². The van der Waals surface area contributed by atoms with Crippen molar-refractivity contribution in [2.24, 2.45) is 0 Å². The number of rotatable bonds is 2. The van der Waals surface area contributed by atoms with Crippen LogP contribution in [0.1, 0.15) is 10.5 Å².